The Morgan fingerprint density at radius 3 is 2.63 bits per heavy atom. The summed E-state index contributed by atoms with van der Waals surface area (Å²) < 4.78 is 5.05. The highest BCUT2D eigenvalue weighted by Crippen LogP contribution is 2.06. The van der Waals surface area contributed by atoms with Gasteiger partial charge in [-0.1, -0.05) is 44.2 Å². The van der Waals surface area contributed by atoms with Crippen molar-refractivity contribution in [1.82, 2.24) is 5.32 Å². The quantitative estimate of drug-likeness (QED) is 0.633. The van der Waals surface area contributed by atoms with Crippen molar-refractivity contribution in [2.75, 3.05) is 0 Å². The first kappa shape index (κ1) is 14.9. The number of ether oxygens (including phenoxy) is 1. The summed E-state index contributed by atoms with van der Waals surface area (Å²) in [6.45, 7) is 4.14. The monoisotopic (exact) mass is 262 g/mol. The summed E-state index contributed by atoms with van der Waals surface area (Å²) in [5, 5.41) is 2.53. The molecular weight excluding hydrogens is 244 g/mol. The summed E-state index contributed by atoms with van der Waals surface area (Å²) in [4.78, 5) is 25.4. The van der Waals surface area contributed by atoms with Gasteiger partial charge in [0, 0.05) is 0 Å². The fraction of sp³-hybridized carbons (Fsp3) is 0.429. The van der Waals surface area contributed by atoms with Crippen molar-refractivity contribution in [2.45, 2.75) is 33.0 Å². The number of alkyl carbamates (subject to hydrolysis) is 1. The van der Waals surface area contributed by atoms with E-state index in [0.29, 0.717) is 12.3 Å². The number of aliphatic imine (C=N–C) groups is 1. The lowest BCUT2D eigenvalue weighted by atomic mass is 10.1. The zero-order valence-electron chi connectivity index (χ0n) is 11.1. The second-order valence-corrected chi connectivity index (χ2v) is 4.57. The molecule has 0 bridgehead atoms. The Bertz CT molecular complexity index is 439. The van der Waals surface area contributed by atoms with Gasteiger partial charge in [0.15, 0.2) is 0 Å². The van der Waals surface area contributed by atoms with E-state index < -0.39 is 12.3 Å². The van der Waals surface area contributed by atoms with Crippen molar-refractivity contribution in [3.05, 3.63) is 35.9 Å². The van der Waals surface area contributed by atoms with Crippen LogP contribution in [0.15, 0.2) is 35.3 Å². The molecule has 102 valence electrons. The molecule has 5 nitrogen and oxygen atoms in total. The van der Waals surface area contributed by atoms with Crippen LogP contribution in [0.1, 0.15) is 25.8 Å². The van der Waals surface area contributed by atoms with Crippen LogP contribution in [0, 0.1) is 5.92 Å². The van der Waals surface area contributed by atoms with Gasteiger partial charge in [0.05, 0.1) is 0 Å². The standard InChI is InChI=1S/C14H18N2O3/c1-11(2)8-13(15-10-17)16-14(18)19-9-12-6-4-3-5-7-12/h3-7,11,13H,8-9H2,1-2H3,(H,16,18)/t13-/m0/s1. The summed E-state index contributed by atoms with van der Waals surface area (Å²) in [7, 11) is 0. The molecule has 0 spiro atoms. The summed E-state index contributed by atoms with van der Waals surface area (Å²) in [6, 6.07) is 9.36. The third-order valence-electron chi connectivity index (χ3n) is 2.40. The topological polar surface area (TPSA) is 67.8 Å². The smallest absolute Gasteiger partial charge is 0.409 e. The molecule has 0 unspecified atom stereocenters. The van der Waals surface area contributed by atoms with Crippen LogP contribution in [0.25, 0.3) is 0 Å². The predicted octanol–water partition coefficient (Wildman–Crippen LogP) is 2.62. The van der Waals surface area contributed by atoms with E-state index in [1.54, 1.807) is 0 Å². The fourth-order valence-corrected chi connectivity index (χ4v) is 1.55. The molecule has 5 heteroatoms. The van der Waals surface area contributed by atoms with Crippen molar-refractivity contribution >= 4 is 12.2 Å². The SMILES string of the molecule is CC(C)C[C@@H](N=C=O)NC(=O)OCc1ccccc1. The number of nitrogens with zero attached hydrogens (tertiary/aromatic N) is 1. The zero-order chi connectivity index (χ0) is 14.1. The molecule has 19 heavy (non-hydrogen) atoms. The second kappa shape index (κ2) is 8.06. The van der Waals surface area contributed by atoms with E-state index in [1.807, 2.05) is 44.2 Å². The molecule has 1 rings (SSSR count). The van der Waals surface area contributed by atoms with Crippen molar-refractivity contribution in [1.29, 1.82) is 0 Å². The normalized spacial score (nSPS) is 11.5. The molecule has 0 aliphatic heterocycles. The number of carbonyl (C=O) groups is 1. The minimum absolute atomic E-state index is 0.186. The molecule has 1 atom stereocenters. The third-order valence-corrected chi connectivity index (χ3v) is 2.40. The van der Waals surface area contributed by atoms with Crippen LogP contribution < -0.4 is 5.32 Å². The van der Waals surface area contributed by atoms with E-state index in [0.717, 1.165) is 5.56 Å². The van der Waals surface area contributed by atoms with E-state index in [-0.39, 0.29) is 6.61 Å². The summed E-state index contributed by atoms with van der Waals surface area (Å²) in [5.74, 6) is 0.302. The Morgan fingerprint density at radius 1 is 1.37 bits per heavy atom. The molecule has 0 aliphatic rings. The Balaban J connectivity index is 2.42. The Kier molecular flexibility index (Phi) is 6.33. The van der Waals surface area contributed by atoms with Gasteiger partial charge in [-0.25, -0.2) is 9.59 Å². The van der Waals surface area contributed by atoms with Crippen LogP contribution in [-0.2, 0) is 16.1 Å². The maximum Gasteiger partial charge on any atom is 0.409 e. The van der Waals surface area contributed by atoms with Gasteiger partial charge < -0.3 is 4.74 Å². The van der Waals surface area contributed by atoms with Crippen molar-refractivity contribution < 1.29 is 14.3 Å². The molecule has 0 aliphatic carbocycles. The number of carbonyl (C=O) groups excluding carboxylic acids is 2. The van der Waals surface area contributed by atoms with E-state index in [4.69, 9.17) is 4.74 Å². The van der Waals surface area contributed by atoms with Crippen molar-refractivity contribution in [3.8, 4) is 0 Å². The predicted molar refractivity (Wildman–Crippen MR) is 71.1 cm³/mol. The lowest BCUT2D eigenvalue weighted by Crippen LogP contribution is -2.34. The molecule has 1 N–H and O–H groups in total. The summed E-state index contributed by atoms with van der Waals surface area (Å²) in [6.07, 6.45) is 0.850. The molecule has 1 aromatic carbocycles. The maximum absolute atomic E-state index is 11.6. The molecule has 0 saturated heterocycles. The van der Waals surface area contributed by atoms with Crippen molar-refractivity contribution in [2.24, 2.45) is 10.9 Å². The lowest BCUT2D eigenvalue weighted by Gasteiger charge is -2.14. The average Bonchev–Trinajstić information content (AvgIpc) is 2.37. The van der Waals surface area contributed by atoms with Crippen LogP contribution in [0.5, 0.6) is 0 Å². The lowest BCUT2D eigenvalue weighted by molar-refractivity contribution is 0.134. The Morgan fingerprint density at radius 2 is 2.05 bits per heavy atom. The highest BCUT2D eigenvalue weighted by atomic mass is 16.5. The minimum Gasteiger partial charge on any atom is -0.445 e. The molecule has 1 amide bonds. The first-order valence-electron chi connectivity index (χ1n) is 6.16. The van der Waals surface area contributed by atoms with Gasteiger partial charge in [-0.05, 0) is 17.9 Å². The zero-order valence-corrected chi connectivity index (χ0v) is 11.1. The molecule has 0 fully saturated rings. The molecular formula is C14H18N2O3. The van der Waals surface area contributed by atoms with E-state index in [2.05, 4.69) is 10.3 Å². The first-order valence-corrected chi connectivity index (χ1v) is 6.16. The van der Waals surface area contributed by atoms with Crippen LogP contribution in [0.2, 0.25) is 0 Å². The largest absolute Gasteiger partial charge is 0.445 e. The maximum atomic E-state index is 11.6. The number of isocyanates is 1. The number of rotatable bonds is 6. The van der Waals surface area contributed by atoms with E-state index >= 15 is 0 Å². The first-order chi connectivity index (χ1) is 9.11. The Labute approximate surface area is 112 Å². The third kappa shape index (κ3) is 6.38. The molecule has 0 saturated carbocycles. The second-order valence-electron chi connectivity index (χ2n) is 4.57. The molecule has 1 aromatic rings. The van der Waals surface area contributed by atoms with Gasteiger partial charge >= 0.3 is 6.09 Å². The highest BCUT2D eigenvalue weighted by Gasteiger charge is 2.13. The van der Waals surface area contributed by atoms with Crippen LogP contribution >= 0.6 is 0 Å². The highest BCUT2D eigenvalue weighted by molar-refractivity contribution is 5.67. The number of hydrogen-bond donors (Lipinski definition) is 1. The number of benzene rings is 1. The fourth-order valence-electron chi connectivity index (χ4n) is 1.55. The van der Waals surface area contributed by atoms with Gasteiger partial charge in [-0.3, -0.25) is 5.32 Å². The van der Waals surface area contributed by atoms with E-state index in [1.165, 1.54) is 6.08 Å². The van der Waals surface area contributed by atoms with Crippen LogP contribution in [0.3, 0.4) is 0 Å². The summed E-state index contributed by atoms with van der Waals surface area (Å²) in [5.41, 5.74) is 0.900. The minimum atomic E-state index is -0.589. The summed E-state index contributed by atoms with van der Waals surface area (Å²) >= 11 is 0. The molecule has 0 heterocycles. The molecule has 0 radical (unpaired) electrons. The van der Waals surface area contributed by atoms with Gasteiger partial charge in [0.1, 0.15) is 12.8 Å². The Hall–Kier alpha value is -2.13. The van der Waals surface area contributed by atoms with Gasteiger partial charge in [-0.2, -0.15) is 4.99 Å². The van der Waals surface area contributed by atoms with Crippen LogP contribution in [-0.4, -0.2) is 18.3 Å². The van der Waals surface area contributed by atoms with Crippen LogP contribution in [0.4, 0.5) is 4.79 Å². The number of amides is 1. The van der Waals surface area contributed by atoms with Gasteiger partial charge in [-0.15, -0.1) is 0 Å². The van der Waals surface area contributed by atoms with Gasteiger partial charge in [0.25, 0.3) is 0 Å². The van der Waals surface area contributed by atoms with Crippen molar-refractivity contribution in [3.63, 3.8) is 0 Å². The van der Waals surface area contributed by atoms with Gasteiger partial charge in [0.2, 0.25) is 6.08 Å². The number of nitrogens with one attached hydrogen (secondary N) is 1. The van der Waals surface area contributed by atoms with E-state index in [9.17, 15) is 9.59 Å². The number of hydrogen-bond acceptors (Lipinski definition) is 4. The average molecular weight is 262 g/mol. The molecule has 0 aromatic heterocycles.